The van der Waals surface area contributed by atoms with Gasteiger partial charge in [-0.05, 0) is 24.8 Å². The Morgan fingerprint density at radius 3 is 3.00 bits per heavy atom. The van der Waals surface area contributed by atoms with Crippen molar-refractivity contribution in [1.82, 2.24) is 25.1 Å². The van der Waals surface area contributed by atoms with Crippen LogP contribution in [0.25, 0.3) is 5.82 Å². The van der Waals surface area contributed by atoms with Crippen molar-refractivity contribution in [3.63, 3.8) is 0 Å². The van der Waals surface area contributed by atoms with Gasteiger partial charge >= 0.3 is 0 Å². The number of fused-ring (bicyclic) bond motifs is 1. The molecule has 0 fully saturated rings. The number of hydrogen-bond acceptors (Lipinski definition) is 4. The Balaban J connectivity index is 2.05. The maximum absolute atomic E-state index is 4.55. The van der Waals surface area contributed by atoms with E-state index < -0.39 is 0 Å². The van der Waals surface area contributed by atoms with Gasteiger partial charge in [-0.15, -0.1) is 0 Å². The molecule has 2 heterocycles. The highest BCUT2D eigenvalue weighted by molar-refractivity contribution is 5.33. The van der Waals surface area contributed by atoms with Crippen molar-refractivity contribution in [3.05, 3.63) is 36.0 Å². The summed E-state index contributed by atoms with van der Waals surface area (Å²) in [5.74, 6) is 0.842. The minimum absolute atomic E-state index is 0.269. The summed E-state index contributed by atoms with van der Waals surface area (Å²) in [6.45, 7) is 7.75. The number of aromatic nitrogens is 4. The molecular weight excluding hydrogens is 250 g/mol. The fourth-order valence-corrected chi connectivity index (χ4v) is 3.08. The minimum atomic E-state index is 0.269. The SMILES string of the molecule is CCNC1CC(C)(C)Cc2c1cnn2-c1ccncn1. The van der Waals surface area contributed by atoms with Crippen LogP contribution < -0.4 is 5.32 Å². The highest BCUT2D eigenvalue weighted by Crippen LogP contribution is 2.41. The van der Waals surface area contributed by atoms with Crippen molar-refractivity contribution in [1.29, 1.82) is 0 Å². The first-order valence-electron chi connectivity index (χ1n) is 7.17. The molecule has 1 aliphatic rings. The van der Waals surface area contributed by atoms with E-state index in [1.165, 1.54) is 11.3 Å². The van der Waals surface area contributed by atoms with Gasteiger partial charge in [0.1, 0.15) is 6.33 Å². The quantitative estimate of drug-likeness (QED) is 0.930. The number of rotatable bonds is 3. The van der Waals surface area contributed by atoms with Crippen molar-refractivity contribution in [3.8, 4) is 5.82 Å². The molecule has 1 atom stereocenters. The van der Waals surface area contributed by atoms with E-state index >= 15 is 0 Å². The summed E-state index contributed by atoms with van der Waals surface area (Å²) in [7, 11) is 0. The molecule has 0 aromatic carbocycles. The van der Waals surface area contributed by atoms with Crippen molar-refractivity contribution in [2.24, 2.45) is 5.41 Å². The second-order valence-electron chi connectivity index (χ2n) is 6.18. The Hall–Kier alpha value is -1.75. The van der Waals surface area contributed by atoms with Crippen LogP contribution in [0.3, 0.4) is 0 Å². The van der Waals surface area contributed by atoms with Gasteiger partial charge in [-0.2, -0.15) is 5.10 Å². The van der Waals surface area contributed by atoms with Crippen LogP contribution >= 0.6 is 0 Å². The summed E-state index contributed by atoms with van der Waals surface area (Å²) in [6.07, 6.45) is 7.48. The Morgan fingerprint density at radius 1 is 1.45 bits per heavy atom. The first-order chi connectivity index (χ1) is 9.61. The lowest BCUT2D eigenvalue weighted by atomic mass is 9.74. The van der Waals surface area contributed by atoms with Gasteiger partial charge in [0.25, 0.3) is 0 Å². The van der Waals surface area contributed by atoms with Gasteiger partial charge in [0.2, 0.25) is 0 Å². The molecule has 1 unspecified atom stereocenters. The average molecular weight is 271 g/mol. The lowest BCUT2D eigenvalue weighted by Crippen LogP contribution is -2.33. The lowest BCUT2D eigenvalue weighted by Gasteiger charge is -2.35. The molecule has 3 rings (SSSR count). The standard InChI is InChI=1S/C15H21N5/c1-4-17-12-7-15(2,3)8-13-11(12)9-19-20(13)14-5-6-16-10-18-14/h5-6,9-10,12,17H,4,7-8H2,1-3H3. The smallest absolute Gasteiger partial charge is 0.156 e. The largest absolute Gasteiger partial charge is 0.310 e. The minimum Gasteiger partial charge on any atom is -0.310 e. The van der Waals surface area contributed by atoms with Gasteiger partial charge in [0, 0.05) is 23.9 Å². The fourth-order valence-electron chi connectivity index (χ4n) is 3.08. The van der Waals surface area contributed by atoms with Gasteiger partial charge in [-0.1, -0.05) is 20.8 Å². The molecule has 5 heteroatoms. The second kappa shape index (κ2) is 4.98. The van der Waals surface area contributed by atoms with Crippen LogP contribution in [0.4, 0.5) is 0 Å². The van der Waals surface area contributed by atoms with Crippen molar-refractivity contribution in [2.45, 2.75) is 39.7 Å². The molecule has 1 N–H and O–H groups in total. The topological polar surface area (TPSA) is 55.6 Å². The highest BCUT2D eigenvalue weighted by atomic mass is 15.3. The monoisotopic (exact) mass is 271 g/mol. The van der Waals surface area contributed by atoms with E-state index in [4.69, 9.17) is 0 Å². The Bertz CT molecular complexity index is 588. The molecule has 20 heavy (non-hydrogen) atoms. The molecule has 0 aliphatic heterocycles. The van der Waals surface area contributed by atoms with Crippen LogP contribution in [0.5, 0.6) is 0 Å². The van der Waals surface area contributed by atoms with Crippen molar-refractivity contribution >= 4 is 0 Å². The van der Waals surface area contributed by atoms with E-state index in [-0.39, 0.29) is 5.41 Å². The summed E-state index contributed by atoms with van der Waals surface area (Å²) in [4.78, 5) is 8.29. The third-order valence-electron chi connectivity index (χ3n) is 3.91. The molecule has 0 bridgehead atoms. The van der Waals surface area contributed by atoms with Gasteiger partial charge < -0.3 is 5.32 Å². The summed E-state index contributed by atoms with van der Waals surface area (Å²) in [6, 6.07) is 2.28. The molecule has 106 valence electrons. The van der Waals surface area contributed by atoms with E-state index in [0.29, 0.717) is 6.04 Å². The lowest BCUT2D eigenvalue weighted by molar-refractivity contribution is 0.255. The average Bonchev–Trinajstić information content (AvgIpc) is 2.82. The van der Waals surface area contributed by atoms with Gasteiger partial charge in [-0.25, -0.2) is 14.6 Å². The maximum Gasteiger partial charge on any atom is 0.156 e. The predicted octanol–water partition coefficient (Wildman–Crippen LogP) is 2.29. The van der Waals surface area contributed by atoms with Crippen LogP contribution in [0.2, 0.25) is 0 Å². The number of nitrogens with one attached hydrogen (secondary N) is 1. The van der Waals surface area contributed by atoms with Gasteiger partial charge in [-0.3, -0.25) is 0 Å². The summed E-state index contributed by atoms with van der Waals surface area (Å²) >= 11 is 0. The van der Waals surface area contributed by atoms with E-state index in [9.17, 15) is 0 Å². The zero-order valence-corrected chi connectivity index (χ0v) is 12.3. The first kappa shape index (κ1) is 13.2. The second-order valence-corrected chi connectivity index (χ2v) is 6.18. The predicted molar refractivity (Wildman–Crippen MR) is 77.7 cm³/mol. The molecule has 2 aromatic rings. The molecule has 0 saturated heterocycles. The first-order valence-corrected chi connectivity index (χ1v) is 7.17. The summed E-state index contributed by atoms with van der Waals surface area (Å²) in [5, 5.41) is 8.13. The van der Waals surface area contributed by atoms with E-state index in [1.54, 1.807) is 12.5 Å². The highest BCUT2D eigenvalue weighted by Gasteiger charge is 2.34. The summed E-state index contributed by atoms with van der Waals surface area (Å²) < 4.78 is 1.96. The molecule has 1 aliphatic carbocycles. The van der Waals surface area contributed by atoms with Crippen LogP contribution in [0.1, 0.15) is 44.5 Å². The Morgan fingerprint density at radius 2 is 2.30 bits per heavy atom. The molecule has 0 saturated carbocycles. The number of nitrogens with zero attached hydrogens (tertiary/aromatic N) is 4. The molecular formula is C15H21N5. The molecule has 2 aromatic heterocycles. The third kappa shape index (κ3) is 2.33. The maximum atomic E-state index is 4.55. The van der Waals surface area contributed by atoms with E-state index in [2.05, 4.69) is 41.2 Å². The van der Waals surface area contributed by atoms with Crippen molar-refractivity contribution in [2.75, 3.05) is 6.54 Å². The van der Waals surface area contributed by atoms with Crippen LogP contribution in [0.15, 0.2) is 24.8 Å². The van der Waals surface area contributed by atoms with Crippen LogP contribution in [-0.4, -0.2) is 26.3 Å². The Labute approximate surface area is 119 Å². The zero-order valence-electron chi connectivity index (χ0n) is 12.3. The van der Waals surface area contributed by atoms with Gasteiger partial charge in [0.05, 0.1) is 11.9 Å². The normalized spacial score (nSPS) is 20.6. The van der Waals surface area contributed by atoms with E-state index in [0.717, 1.165) is 25.2 Å². The van der Waals surface area contributed by atoms with E-state index in [1.807, 2.05) is 16.9 Å². The fraction of sp³-hybridized carbons (Fsp3) is 0.533. The van der Waals surface area contributed by atoms with Crippen LogP contribution in [-0.2, 0) is 6.42 Å². The number of hydrogen-bond donors (Lipinski definition) is 1. The molecule has 0 radical (unpaired) electrons. The van der Waals surface area contributed by atoms with Gasteiger partial charge in [0.15, 0.2) is 5.82 Å². The Kier molecular flexibility index (Phi) is 3.30. The van der Waals surface area contributed by atoms with Crippen LogP contribution in [0, 0.1) is 5.41 Å². The summed E-state index contributed by atoms with van der Waals surface area (Å²) in [5.41, 5.74) is 2.85. The third-order valence-corrected chi connectivity index (χ3v) is 3.91. The molecule has 0 amide bonds. The molecule has 5 nitrogen and oxygen atoms in total. The zero-order chi connectivity index (χ0) is 14.2. The van der Waals surface area contributed by atoms with Crippen molar-refractivity contribution < 1.29 is 0 Å². The molecule has 0 spiro atoms.